The van der Waals surface area contributed by atoms with Gasteiger partial charge in [0, 0.05) is 16.1 Å². The van der Waals surface area contributed by atoms with Crippen molar-refractivity contribution >= 4 is 23.2 Å². The Labute approximate surface area is 133 Å². The standard InChI is InChI=1S/C16H15Cl2NO2/c1-19-16(10-4-2-3-5-12(10)17)11-8-14-15(9-13(11)18)21-7-6-20-14/h2-5,8-9,16,19H,6-7H2,1H3. The summed E-state index contributed by atoms with van der Waals surface area (Å²) in [5.74, 6) is 1.40. The maximum absolute atomic E-state index is 6.42. The van der Waals surface area contributed by atoms with E-state index in [9.17, 15) is 0 Å². The van der Waals surface area contributed by atoms with Gasteiger partial charge in [-0.3, -0.25) is 0 Å². The average molecular weight is 324 g/mol. The van der Waals surface area contributed by atoms with E-state index in [2.05, 4.69) is 5.32 Å². The van der Waals surface area contributed by atoms with E-state index in [0.29, 0.717) is 34.8 Å². The summed E-state index contributed by atoms with van der Waals surface area (Å²) in [5, 5.41) is 4.58. The van der Waals surface area contributed by atoms with E-state index in [1.807, 2.05) is 37.4 Å². The molecule has 2 aromatic carbocycles. The third kappa shape index (κ3) is 2.82. The lowest BCUT2D eigenvalue weighted by Crippen LogP contribution is -2.20. The van der Waals surface area contributed by atoms with Gasteiger partial charge in [0.25, 0.3) is 0 Å². The predicted octanol–water partition coefficient (Wildman–Crippen LogP) is 4.07. The molecule has 110 valence electrons. The molecule has 0 amide bonds. The molecule has 0 aromatic heterocycles. The molecule has 0 radical (unpaired) electrons. The van der Waals surface area contributed by atoms with Crippen LogP contribution in [0.3, 0.4) is 0 Å². The molecule has 1 aliphatic rings. The second-order valence-corrected chi connectivity index (χ2v) is 5.57. The van der Waals surface area contributed by atoms with Crippen molar-refractivity contribution in [1.29, 1.82) is 0 Å². The third-order valence-electron chi connectivity index (χ3n) is 3.48. The molecule has 0 spiro atoms. The zero-order valence-electron chi connectivity index (χ0n) is 11.5. The number of halogens is 2. The minimum Gasteiger partial charge on any atom is -0.486 e. The van der Waals surface area contributed by atoms with E-state index in [1.165, 1.54) is 0 Å². The monoisotopic (exact) mass is 323 g/mol. The summed E-state index contributed by atoms with van der Waals surface area (Å²) in [5.41, 5.74) is 1.89. The van der Waals surface area contributed by atoms with E-state index in [-0.39, 0.29) is 6.04 Å². The van der Waals surface area contributed by atoms with Crippen molar-refractivity contribution in [2.24, 2.45) is 0 Å². The Morgan fingerprint density at radius 1 is 0.952 bits per heavy atom. The number of hydrogen-bond acceptors (Lipinski definition) is 3. The van der Waals surface area contributed by atoms with Crippen molar-refractivity contribution in [2.75, 3.05) is 20.3 Å². The molecule has 0 bridgehead atoms. The molecule has 0 saturated carbocycles. The maximum atomic E-state index is 6.42. The topological polar surface area (TPSA) is 30.5 Å². The first kappa shape index (κ1) is 14.5. The van der Waals surface area contributed by atoms with Crippen molar-refractivity contribution in [2.45, 2.75) is 6.04 Å². The molecule has 1 N–H and O–H groups in total. The van der Waals surface area contributed by atoms with Crippen molar-refractivity contribution in [1.82, 2.24) is 5.32 Å². The van der Waals surface area contributed by atoms with Crippen LogP contribution in [0.2, 0.25) is 10.0 Å². The van der Waals surface area contributed by atoms with Crippen molar-refractivity contribution in [3.8, 4) is 11.5 Å². The van der Waals surface area contributed by atoms with Crippen molar-refractivity contribution in [3.05, 3.63) is 57.6 Å². The lowest BCUT2D eigenvalue weighted by molar-refractivity contribution is 0.171. The number of benzene rings is 2. The second-order valence-electron chi connectivity index (χ2n) is 4.76. The molecule has 1 aliphatic heterocycles. The molecule has 1 heterocycles. The van der Waals surface area contributed by atoms with Gasteiger partial charge in [-0.25, -0.2) is 0 Å². The lowest BCUT2D eigenvalue weighted by Gasteiger charge is -2.24. The molecule has 0 aliphatic carbocycles. The fourth-order valence-electron chi connectivity index (χ4n) is 2.49. The van der Waals surface area contributed by atoms with Gasteiger partial charge < -0.3 is 14.8 Å². The van der Waals surface area contributed by atoms with Crippen LogP contribution in [0.15, 0.2) is 36.4 Å². The lowest BCUT2D eigenvalue weighted by atomic mass is 9.98. The van der Waals surface area contributed by atoms with Crippen LogP contribution in [0.5, 0.6) is 11.5 Å². The van der Waals surface area contributed by atoms with E-state index >= 15 is 0 Å². The predicted molar refractivity (Wildman–Crippen MR) is 84.8 cm³/mol. The van der Waals surface area contributed by atoms with Crippen LogP contribution in [0.25, 0.3) is 0 Å². The number of hydrogen-bond donors (Lipinski definition) is 1. The van der Waals surface area contributed by atoms with Gasteiger partial charge in [-0.15, -0.1) is 0 Å². The van der Waals surface area contributed by atoms with E-state index in [0.717, 1.165) is 11.1 Å². The molecule has 0 fully saturated rings. The first-order valence-corrected chi connectivity index (χ1v) is 7.47. The minimum atomic E-state index is -0.109. The molecular formula is C16H15Cl2NO2. The van der Waals surface area contributed by atoms with Gasteiger partial charge >= 0.3 is 0 Å². The van der Waals surface area contributed by atoms with E-state index in [4.69, 9.17) is 32.7 Å². The quantitative estimate of drug-likeness (QED) is 0.923. The third-order valence-corrected chi connectivity index (χ3v) is 4.15. The summed E-state index contributed by atoms with van der Waals surface area (Å²) in [6.45, 7) is 1.09. The number of nitrogens with one attached hydrogen (secondary N) is 1. The fourth-order valence-corrected chi connectivity index (χ4v) is 3.00. The van der Waals surface area contributed by atoms with Crippen LogP contribution in [0.4, 0.5) is 0 Å². The highest BCUT2D eigenvalue weighted by molar-refractivity contribution is 6.32. The summed E-state index contributed by atoms with van der Waals surface area (Å²) in [7, 11) is 1.88. The molecule has 2 aromatic rings. The van der Waals surface area contributed by atoms with Crippen LogP contribution < -0.4 is 14.8 Å². The number of rotatable bonds is 3. The van der Waals surface area contributed by atoms with Crippen molar-refractivity contribution in [3.63, 3.8) is 0 Å². The zero-order chi connectivity index (χ0) is 14.8. The van der Waals surface area contributed by atoms with Crippen LogP contribution in [0, 0.1) is 0 Å². The SMILES string of the molecule is CNC(c1ccccc1Cl)c1cc2c(cc1Cl)OCCO2. The largest absolute Gasteiger partial charge is 0.486 e. The Balaban J connectivity index is 2.07. The summed E-state index contributed by atoms with van der Waals surface area (Å²) < 4.78 is 11.2. The van der Waals surface area contributed by atoms with Crippen LogP contribution in [0.1, 0.15) is 17.2 Å². The van der Waals surface area contributed by atoms with Gasteiger partial charge in [0.05, 0.1) is 6.04 Å². The van der Waals surface area contributed by atoms with Gasteiger partial charge in [-0.05, 0) is 30.3 Å². The zero-order valence-corrected chi connectivity index (χ0v) is 13.0. The highest BCUT2D eigenvalue weighted by atomic mass is 35.5. The van der Waals surface area contributed by atoms with E-state index in [1.54, 1.807) is 6.07 Å². The van der Waals surface area contributed by atoms with Crippen molar-refractivity contribution < 1.29 is 9.47 Å². The van der Waals surface area contributed by atoms with Gasteiger partial charge in [-0.2, -0.15) is 0 Å². The summed E-state index contributed by atoms with van der Waals surface area (Å²) in [6, 6.07) is 11.3. The molecule has 1 unspecified atom stereocenters. The first-order chi connectivity index (χ1) is 10.2. The molecule has 1 atom stereocenters. The van der Waals surface area contributed by atoms with E-state index < -0.39 is 0 Å². The normalized spacial score (nSPS) is 14.8. The summed E-state index contributed by atoms with van der Waals surface area (Å²) in [6.07, 6.45) is 0. The Hall–Kier alpha value is -1.42. The minimum absolute atomic E-state index is 0.109. The van der Waals surface area contributed by atoms with Gasteiger partial charge in [0.2, 0.25) is 0 Å². The molecule has 3 rings (SSSR count). The first-order valence-electron chi connectivity index (χ1n) is 6.71. The van der Waals surface area contributed by atoms with Crippen LogP contribution >= 0.6 is 23.2 Å². The molecule has 0 saturated heterocycles. The van der Waals surface area contributed by atoms with Gasteiger partial charge in [-0.1, -0.05) is 41.4 Å². The summed E-state index contributed by atoms with van der Waals surface area (Å²) >= 11 is 12.7. The Kier molecular flexibility index (Phi) is 4.24. The Morgan fingerprint density at radius 3 is 2.29 bits per heavy atom. The maximum Gasteiger partial charge on any atom is 0.162 e. The van der Waals surface area contributed by atoms with Gasteiger partial charge in [0.1, 0.15) is 13.2 Å². The number of ether oxygens (including phenoxy) is 2. The highest BCUT2D eigenvalue weighted by Gasteiger charge is 2.22. The summed E-state index contributed by atoms with van der Waals surface area (Å²) in [4.78, 5) is 0. The Bertz CT molecular complexity index is 661. The van der Waals surface area contributed by atoms with Crippen LogP contribution in [-0.4, -0.2) is 20.3 Å². The molecule has 5 heteroatoms. The highest BCUT2D eigenvalue weighted by Crippen LogP contribution is 2.40. The fraction of sp³-hybridized carbons (Fsp3) is 0.250. The smallest absolute Gasteiger partial charge is 0.162 e. The molecule has 21 heavy (non-hydrogen) atoms. The molecular weight excluding hydrogens is 309 g/mol. The second kappa shape index (κ2) is 6.14. The number of fused-ring (bicyclic) bond motifs is 1. The van der Waals surface area contributed by atoms with Gasteiger partial charge in [0.15, 0.2) is 11.5 Å². The van der Waals surface area contributed by atoms with Crippen LogP contribution in [-0.2, 0) is 0 Å². The molecule has 3 nitrogen and oxygen atoms in total. The average Bonchev–Trinajstić information content (AvgIpc) is 2.50. The Morgan fingerprint density at radius 2 is 1.62 bits per heavy atom.